The molecular formula is C14H17N3O2S. The van der Waals surface area contributed by atoms with E-state index in [2.05, 4.69) is 11.0 Å². The van der Waals surface area contributed by atoms with Crippen molar-refractivity contribution in [2.75, 3.05) is 19.3 Å². The molecule has 0 N–H and O–H groups in total. The fourth-order valence-electron chi connectivity index (χ4n) is 2.50. The standard InChI is InChI=1S/C14H17N3O2S/c1-20-14(11-15)6-8-16(9-7-14)10-12-4-2-3-5-13(12)17(18)19/h2-5H,6-10H2,1H3. The Morgan fingerprint density at radius 3 is 2.65 bits per heavy atom. The van der Waals surface area contributed by atoms with Crippen LogP contribution in [0.25, 0.3) is 0 Å². The Morgan fingerprint density at radius 2 is 2.10 bits per heavy atom. The van der Waals surface area contributed by atoms with Crippen molar-refractivity contribution in [3.63, 3.8) is 0 Å². The van der Waals surface area contributed by atoms with E-state index in [1.54, 1.807) is 30.0 Å². The van der Waals surface area contributed by atoms with E-state index in [9.17, 15) is 15.4 Å². The van der Waals surface area contributed by atoms with E-state index in [0.717, 1.165) is 31.5 Å². The van der Waals surface area contributed by atoms with Gasteiger partial charge in [0.2, 0.25) is 0 Å². The van der Waals surface area contributed by atoms with Crippen molar-refractivity contribution in [2.24, 2.45) is 0 Å². The smallest absolute Gasteiger partial charge is 0.273 e. The van der Waals surface area contributed by atoms with Crippen LogP contribution in [0.1, 0.15) is 18.4 Å². The van der Waals surface area contributed by atoms with Crippen molar-refractivity contribution in [2.45, 2.75) is 24.1 Å². The highest BCUT2D eigenvalue weighted by atomic mass is 32.2. The second kappa shape index (κ2) is 6.25. The first-order valence-corrected chi connectivity index (χ1v) is 7.74. The Kier molecular flexibility index (Phi) is 4.63. The van der Waals surface area contributed by atoms with Gasteiger partial charge in [-0.1, -0.05) is 18.2 Å². The zero-order valence-electron chi connectivity index (χ0n) is 11.4. The fourth-order valence-corrected chi connectivity index (χ4v) is 3.18. The van der Waals surface area contributed by atoms with Crippen molar-refractivity contribution in [1.29, 1.82) is 5.26 Å². The summed E-state index contributed by atoms with van der Waals surface area (Å²) in [6.07, 6.45) is 3.59. The molecule has 1 heterocycles. The van der Waals surface area contributed by atoms with Crippen LogP contribution in [-0.4, -0.2) is 33.9 Å². The molecule has 6 heteroatoms. The van der Waals surface area contributed by atoms with Gasteiger partial charge in [0.05, 0.1) is 11.0 Å². The molecule has 2 rings (SSSR count). The highest BCUT2D eigenvalue weighted by molar-refractivity contribution is 8.00. The molecule has 0 amide bonds. The van der Waals surface area contributed by atoms with Crippen molar-refractivity contribution >= 4 is 17.4 Å². The number of nitro benzene ring substituents is 1. The summed E-state index contributed by atoms with van der Waals surface area (Å²) < 4.78 is -0.279. The summed E-state index contributed by atoms with van der Waals surface area (Å²) in [6, 6.07) is 9.27. The number of para-hydroxylation sites is 1. The first-order valence-electron chi connectivity index (χ1n) is 6.51. The molecule has 0 radical (unpaired) electrons. The molecule has 0 aliphatic carbocycles. The average molecular weight is 291 g/mol. The molecule has 1 aromatic carbocycles. The molecule has 1 saturated heterocycles. The van der Waals surface area contributed by atoms with E-state index in [-0.39, 0.29) is 15.4 Å². The summed E-state index contributed by atoms with van der Waals surface area (Å²) in [5.74, 6) is 0. The fraction of sp³-hybridized carbons (Fsp3) is 0.500. The number of hydrogen-bond donors (Lipinski definition) is 0. The number of nitro groups is 1. The normalized spacial score (nSPS) is 18.4. The summed E-state index contributed by atoms with van der Waals surface area (Å²) in [4.78, 5) is 12.9. The van der Waals surface area contributed by atoms with E-state index in [0.29, 0.717) is 6.54 Å². The monoisotopic (exact) mass is 291 g/mol. The van der Waals surface area contributed by atoms with E-state index in [1.165, 1.54) is 0 Å². The number of nitriles is 1. The van der Waals surface area contributed by atoms with Gasteiger partial charge in [-0.15, -0.1) is 11.8 Å². The molecule has 106 valence electrons. The molecule has 5 nitrogen and oxygen atoms in total. The van der Waals surface area contributed by atoms with Gasteiger partial charge in [0.25, 0.3) is 5.69 Å². The molecular weight excluding hydrogens is 274 g/mol. The van der Waals surface area contributed by atoms with Crippen LogP contribution in [0.5, 0.6) is 0 Å². The number of nitrogens with zero attached hydrogens (tertiary/aromatic N) is 3. The zero-order chi connectivity index (χ0) is 14.6. The summed E-state index contributed by atoms with van der Waals surface area (Å²) in [6.45, 7) is 2.19. The maximum atomic E-state index is 11.0. The zero-order valence-corrected chi connectivity index (χ0v) is 12.2. The maximum Gasteiger partial charge on any atom is 0.273 e. The topological polar surface area (TPSA) is 70.2 Å². The number of benzene rings is 1. The highest BCUT2D eigenvalue weighted by Crippen LogP contribution is 2.34. The Morgan fingerprint density at radius 1 is 1.45 bits per heavy atom. The van der Waals surface area contributed by atoms with Crippen molar-refractivity contribution in [1.82, 2.24) is 4.90 Å². The lowest BCUT2D eigenvalue weighted by Gasteiger charge is -2.36. The molecule has 0 aromatic heterocycles. The van der Waals surface area contributed by atoms with Crippen LogP contribution in [0.4, 0.5) is 5.69 Å². The van der Waals surface area contributed by atoms with Crippen molar-refractivity contribution in [3.8, 4) is 6.07 Å². The first-order chi connectivity index (χ1) is 9.60. The van der Waals surface area contributed by atoms with Gasteiger partial charge in [-0.2, -0.15) is 5.26 Å². The highest BCUT2D eigenvalue weighted by Gasteiger charge is 2.34. The quantitative estimate of drug-likeness (QED) is 0.630. The molecule has 1 aliphatic heterocycles. The summed E-state index contributed by atoms with van der Waals surface area (Å²) >= 11 is 1.61. The third-order valence-electron chi connectivity index (χ3n) is 3.84. The van der Waals surface area contributed by atoms with E-state index in [4.69, 9.17) is 0 Å². The minimum atomic E-state index is -0.333. The number of likely N-dealkylation sites (tertiary alicyclic amines) is 1. The SMILES string of the molecule is CSC1(C#N)CCN(Cc2ccccc2[N+](=O)[O-])CC1. The largest absolute Gasteiger partial charge is 0.299 e. The van der Waals surface area contributed by atoms with Crippen molar-refractivity contribution < 1.29 is 4.92 Å². The van der Waals surface area contributed by atoms with Gasteiger partial charge in [0.15, 0.2) is 0 Å². The molecule has 1 fully saturated rings. The summed E-state index contributed by atoms with van der Waals surface area (Å²) in [7, 11) is 0. The lowest BCUT2D eigenvalue weighted by molar-refractivity contribution is -0.385. The van der Waals surface area contributed by atoms with Gasteiger partial charge in [0, 0.05) is 31.3 Å². The third kappa shape index (κ3) is 3.11. The Hall–Kier alpha value is -1.58. The van der Waals surface area contributed by atoms with Gasteiger partial charge >= 0.3 is 0 Å². The van der Waals surface area contributed by atoms with Gasteiger partial charge < -0.3 is 0 Å². The molecule has 0 spiro atoms. The van der Waals surface area contributed by atoms with Crippen LogP contribution in [0, 0.1) is 21.4 Å². The van der Waals surface area contributed by atoms with Gasteiger partial charge in [-0.25, -0.2) is 0 Å². The van der Waals surface area contributed by atoms with Gasteiger partial charge in [0.1, 0.15) is 4.75 Å². The van der Waals surface area contributed by atoms with Crippen molar-refractivity contribution in [3.05, 3.63) is 39.9 Å². The predicted molar refractivity (Wildman–Crippen MR) is 79.5 cm³/mol. The molecule has 0 atom stereocenters. The Bertz CT molecular complexity index is 533. The predicted octanol–water partition coefficient (Wildman–Crippen LogP) is 2.82. The molecule has 1 aromatic rings. The Balaban J connectivity index is 2.04. The molecule has 0 saturated carbocycles. The van der Waals surface area contributed by atoms with Gasteiger partial charge in [-0.05, 0) is 19.1 Å². The van der Waals surface area contributed by atoms with E-state index >= 15 is 0 Å². The van der Waals surface area contributed by atoms with Crippen LogP contribution in [0.3, 0.4) is 0 Å². The van der Waals surface area contributed by atoms with Crippen LogP contribution >= 0.6 is 11.8 Å². The summed E-state index contributed by atoms with van der Waals surface area (Å²) in [5, 5.41) is 20.3. The average Bonchev–Trinajstić information content (AvgIpc) is 2.49. The molecule has 0 unspecified atom stereocenters. The second-order valence-electron chi connectivity index (χ2n) is 4.97. The van der Waals surface area contributed by atoms with Gasteiger partial charge in [-0.3, -0.25) is 15.0 Å². The molecule has 1 aliphatic rings. The minimum absolute atomic E-state index is 0.175. The van der Waals surface area contributed by atoms with E-state index < -0.39 is 0 Å². The first kappa shape index (κ1) is 14.8. The summed E-state index contributed by atoms with van der Waals surface area (Å²) in [5.41, 5.74) is 0.917. The number of piperidine rings is 1. The molecule has 20 heavy (non-hydrogen) atoms. The van der Waals surface area contributed by atoms with Crippen LogP contribution in [0.15, 0.2) is 24.3 Å². The lowest BCUT2D eigenvalue weighted by atomic mass is 9.97. The lowest BCUT2D eigenvalue weighted by Crippen LogP contribution is -2.41. The third-order valence-corrected chi connectivity index (χ3v) is 5.12. The van der Waals surface area contributed by atoms with E-state index in [1.807, 2.05) is 12.3 Å². The second-order valence-corrected chi connectivity index (χ2v) is 6.16. The number of rotatable bonds is 4. The minimum Gasteiger partial charge on any atom is -0.299 e. The Labute approximate surface area is 122 Å². The van der Waals surface area contributed by atoms with Crippen LogP contribution in [0.2, 0.25) is 0 Å². The number of thioether (sulfide) groups is 1. The number of hydrogen-bond acceptors (Lipinski definition) is 5. The maximum absolute atomic E-state index is 11.0. The van der Waals surface area contributed by atoms with Crippen LogP contribution < -0.4 is 0 Å². The molecule has 0 bridgehead atoms. The van der Waals surface area contributed by atoms with Crippen LogP contribution in [-0.2, 0) is 6.54 Å².